The lowest BCUT2D eigenvalue weighted by Gasteiger charge is -2.18. The second-order valence-electron chi connectivity index (χ2n) is 7.01. The highest BCUT2D eigenvalue weighted by Crippen LogP contribution is 2.41. The van der Waals surface area contributed by atoms with Crippen LogP contribution in [0.3, 0.4) is 0 Å². The van der Waals surface area contributed by atoms with Gasteiger partial charge in [0.05, 0.1) is 21.0 Å². The maximum Gasteiger partial charge on any atom is 0.405 e. The number of nitrogens with one attached hydrogen (secondary N) is 2. The molecule has 2 amide bonds. The molecular weight excluding hydrogens is 568 g/mol. The zero-order valence-corrected chi connectivity index (χ0v) is 20.2. The fourth-order valence-electron chi connectivity index (χ4n) is 2.70. The molecule has 2 aromatic carbocycles. The Bertz CT molecular complexity index is 1110. The SMILES string of the molecule is O=C(NCc1ccc(/C=C/C(c2cc(Cl)c(Cl)c(Cl)c2)C(F)(F)F)cc1Cl)C(=O)NCC(F)(F)F. The largest absolute Gasteiger partial charge is 0.405 e. The third-order valence-electron chi connectivity index (χ3n) is 4.37. The zero-order valence-electron chi connectivity index (χ0n) is 17.1. The van der Waals surface area contributed by atoms with Gasteiger partial charge in [-0.25, -0.2) is 0 Å². The van der Waals surface area contributed by atoms with E-state index in [0.29, 0.717) is 0 Å². The van der Waals surface area contributed by atoms with Crippen molar-refractivity contribution >= 4 is 64.3 Å². The summed E-state index contributed by atoms with van der Waals surface area (Å²) in [5.74, 6) is -4.87. The van der Waals surface area contributed by atoms with Gasteiger partial charge < -0.3 is 10.6 Å². The summed E-state index contributed by atoms with van der Waals surface area (Å²) < 4.78 is 77.2. The van der Waals surface area contributed by atoms with Crippen LogP contribution in [0.15, 0.2) is 36.4 Å². The summed E-state index contributed by atoms with van der Waals surface area (Å²) in [7, 11) is 0. The fraction of sp³-hybridized carbons (Fsp3) is 0.238. The molecule has 35 heavy (non-hydrogen) atoms. The Labute approximate surface area is 215 Å². The van der Waals surface area contributed by atoms with E-state index in [4.69, 9.17) is 46.4 Å². The minimum Gasteiger partial charge on any atom is -0.344 e. The van der Waals surface area contributed by atoms with E-state index in [9.17, 15) is 35.9 Å². The third kappa shape index (κ3) is 8.79. The van der Waals surface area contributed by atoms with Crippen molar-refractivity contribution in [3.63, 3.8) is 0 Å². The summed E-state index contributed by atoms with van der Waals surface area (Å²) in [5.41, 5.74) is 0.306. The third-order valence-corrected chi connectivity index (χ3v) is 5.92. The van der Waals surface area contributed by atoms with E-state index in [1.54, 1.807) is 0 Å². The van der Waals surface area contributed by atoms with Gasteiger partial charge in [0.1, 0.15) is 6.54 Å². The standard InChI is InChI=1S/C21H14Cl4F6N2O2/c22-14-5-10(1-3-11(14)8-32-18(34)19(35)33-9-20(26,27)28)2-4-13(21(29,30)31)12-6-15(23)17(25)16(24)7-12/h1-7,13H,8-9H2,(H,32,34)(H,33,35)/b4-2+. The quantitative estimate of drug-likeness (QED) is 0.220. The van der Waals surface area contributed by atoms with Gasteiger partial charge in [0.15, 0.2) is 0 Å². The van der Waals surface area contributed by atoms with Gasteiger partial charge >= 0.3 is 24.2 Å². The summed E-state index contributed by atoms with van der Waals surface area (Å²) in [4.78, 5) is 23.0. The van der Waals surface area contributed by atoms with Crippen molar-refractivity contribution in [2.75, 3.05) is 6.54 Å². The molecule has 1 atom stereocenters. The molecule has 190 valence electrons. The summed E-state index contributed by atoms with van der Waals surface area (Å²) in [6.45, 7) is -1.98. The first-order valence-electron chi connectivity index (χ1n) is 9.39. The number of hydrogen-bond acceptors (Lipinski definition) is 2. The molecule has 0 saturated heterocycles. The van der Waals surface area contributed by atoms with Crippen molar-refractivity contribution in [2.45, 2.75) is 24.8 Å². The van der Waals surface area contributed by atoms with Crippen molar-refractivity contribution < 1.29 is 35.9 Å². The van der Waals surface area contributed by atoms with Crippen LogP contribution in [0.4, 0.5) is 26.3 Å². The maximum absolute atomic E-state index is 13.6. The van der Waals surface area contributed by atoms with Crippen LogP contribution in [-0.2, 0) is 16.1 Å². The van der Waals surface area contributed by atoms with Crippen molar-refractivity contribution in [3.8, 4) is 0 Å². The van der Waals surface area contributed by atoms with Crippen LogP contribution in [0.25, 0.3) is 6.08 Å². The van der Waals surface area contributed by atoms with Gasteiger partial charge in [-0.05, 0) is 34.9 Å². The lowest BCUT2D eigenvalue weighted by Crippen LogP contribution is -2.43. The average molecular weight is 582 g/mol. The molecule has 2 rings (SSSR count). The van der Waals surface area contributed by atoms with E-state index >= 15 is 0 Å². The second-order valence-corrected chi connectivity index (χ2v) is 8.61. The van der Waals surface area contributed by atoms with Crippen LogP contribution in [0.5, 0.6) is 0 Å². The topological polar surface area (TPSA) is 58.2 Å². The highest BCUT2D eigenvalue weighted by atomic mass is 35.5. The summed E-state index contributed by atoms with van der Waals surface area (Å²) in [6.07, 6.45) is -7.33. The van der Waals surface area contributed by atoms with E-state index in [2.05, 4.69) is 5.32 Å². The lowest BCUT2D eigenvalue weighted by molar-refractivity contribution is -0.146. The van der Waals surface area contributed by atoms with Crippen LogP contribution in [-0.4, -0.2) is 30.7 Å². The second kappa shape index (κ2) is 11.7. The molecule has 0 aliphatic heterocycles. The number of allylic oxidation sites excluding steroid dienone is 1. The minimum absolute atomic E-state index is 0.0318. The minimum atomic E-state index is -4.68. The zero-order chi connectivity index (χ0) is 26.6. The van der Waals surface area contributed by atoms with Gasteiger partial charge in [-0.3, -0.25) is 9.59 Å². The number of carbonyl (C=O) groups excluding carboxylic acids is 2. The molecule has 0 aliphatic rings. The van der Waals surface area contributed by atoms with E-state index < -0.39 is 36.6 Å². The van der Waals surface area contributed by atoms with E-state index in [0.717, 1.165) is 24.3 Å². The molecule has 0 heterocycles. The van der Waals surface area contributed by atoms with Gasteiger partial charge in [-0.15, -0.1) is 0 Å². The van der Waals surface area contributed by atoms with E-state index in [1.165, 1.54) is 23.5 Å². The number of carbonyl (C=O) groups is 2. The number of rotatable bonds is 6. The van der Waals surface area contributed by atoms with Gasteiger partial charge in [0.2, 0.25) is 0 Å². The Hall–Kier alpha value is -2.14. The molecule has 0 aliphatic carbocycles. The molecule has 0 aromatic heterocycles. The molecule has 2 N–H and O–H groups in total. The number of benzene rings is 2. The molecule has 4 nitrogen and oxygen atoms in total. The molecule has 0 bridgehead atoms. The molecule has 14 heteroatoms. The Morgan fingerprint density at radius 3 is 1.94 bits per heavy atom. The lowest BCUT2D eigenvalue weighted by atomic mass is 9.97. The molecule has 2 aromatic rings. The van der Waals surface area contributed by atoms with Crippen LogP contribution < -0.4 is 10.6 Å². The highest BCUT2D eigenvalue weighted by molar-refractivity contribution is 6.48. The predicted octanol–water partition coefficient (Wildman–Crippen LogP) is 6.95. The van der Waals surface area contributed by atoms with Gasteiger partial charge in [0.25, 0.3) is 0 Å². The Morgan fingerprint density at radius 1 is 0.857 bits per heavy atom. The molecule has 0 saturated carbocycles. The van der Waals surface area contributed by atoms with Gasteiger partial charge in [-0.1, -0.05) is 70.7 Å². The van der Waals surface area contributed by atoms with Crippen LogP contribution in [0.2, 0.25) is 20.1 Å². The van der Waals surface area contributed by atoms with Crippen molar-refractivity contribution in [2.24, 2.45) is 0 Å². The monoisotopic (exact) mass is 580 g/mol. The average Bonchev–Trinajstić information content (AvgIpc) is 2.73. The maximum atomic E-state index is 13.6. The first-order valence-corrected chi connectivity index (χ1v) is 10.9. The highest BCUT2D eigenvalue weighted by Gasteiger charge is 2.39. The Kier molecular flexibility index (Phi) is 9.75. The van der Waals surface area contributed by atoms with Crippen molar-refractivity contribution in [1.82, 2.24) is 10.6 Å². The molecule has 0 spiro atoms. The molecule has 1 unspecified atom stereocenters. The summed E-state index contributed by atoms with van der Waals surface area (Å²) in [5, 5.41) is 3.18. The molecular formula is C21H14Cl4F6N2O2. The first-order chi connectivity index (χ1) is 16.1. The molecule has 0 radical (unpaired) electrons. The normalized spacial score (nSPS) is 13.1. The van der Waals surface area contributed by atoms with Gasteiger partial charge in [0, 0.05) is 11.6 Å². The van der Waals surface area contributed by atoms with Crippen molar-refractivity contribution in [1.29, 1.82) is 0 Å². The Balaban J connectivity index is 2.13. The fourth-order valence-corrected chi connectivity index (χ4v) is 3.57. The van der Waals surface area contributed by atoms with Crippen LogP contribution in [0, 0.1) is 0 Å². The number of halogens is 10. The van der Waals surface area contributed by atoms with Crippen molar-refractivity contribution in [3.05, 3.63) is 73.2 Å². The first kappa shape index (κ1) is 29.1. The van der Waals surface area contributed by atoms with Crippen LogP contribution >= 0.6 is 46.4 Å². The van der Waals surface area contributed by atoms with E-state index in [1.807, 2.05) is 0 Å². The Morgan fingerprint density at radius 2 is 1.43 bits per heavy atom. The smallest absolute Gasteiger partial charge is 0.344 e. The van der Waals surface area contributed by atoms with Gasteiger partial charge in [-0.2, -0.15) is 26.3 Å². The number of hydrogen-bond donors (Lipinski definition) is 2. The van der Waals surface area contributed by atoms with Crippen LogP contribution in [0.1, 0.15) is 22.6 Å². The predicted molar refractivity (Wildman–Crippen MR) is 122 cm³/mol. The summed E-state index contributed by atoms with van der Waals surface area (Å²) in [6, 6.07) is 6.18. The molecule has 0 fully saturated rings. The summed E-state index contributed by atoms with van der Waals surface area (Å²) >= 11 is 23.6. The van der Waals surface area contributed by atoms with E-state index in [-0.39, 0.29) is 43.3 Å². The number of amides is 2. The number of alkyl halides is 6.